The number of nitrogens with two attached hydrogens (primary N) is 3. The zero-order chi connectivity index (χ0) is 11.3. The van der Waals surface area contributed by atoms with Crippen LogP contribution in [0.25, 0.3) is 0 Å². The predicted molar refractivity (Wildman–Crippen MR) is 62.8 cm³/mol. The molecule has 0 radical (unpaired) electrons. The van der Waals surface area contributed by atoms with E-state index in [0.717, 1.165) is 5.01 Å². The molecular weight excluding hydrogens is 212 g/mol. The van der Waals surface area contributed by atoms with Gasteiger partial charge < -0.3 is 17.2 Å². The molecule has 0 fully saturated rings. The summed E-state index contributed by atoms with van der Waals surface area (Å²) in [6.07, 6.45) is 1.76. The Balaban J connectivity index is 2.53. The van der Waals surface area contributed by atoms with Crippen molar-refractivity contribution in [3.63, 3.8) is 0 Å². The van der Waals surface area contributed by atoms with E-state index in [0.29, 0.717) is 6.54 Å². The number of hydrogen-bond acceptors (Lipinski definition) is 3. The van der Waals surface area contributed by atoms with Gasteiger partial charge in [0, 0.05) is 17.5 Å². The smallest absolute Gasteiger partial charge is 0.218 e. The molecule has 1 aromatic rings. The number of hydrogen-bond donors (Lipinski definition) is 3. The molecular formula is C8H14N6S. The van der Waals surface area contributed by atoms with Gasteiger partial charge in [0.1, 0.15) is 0 Å². The van der Waals surface area contributed by atoms with Crippen LogP contribution in [0.2, 0.25) is 0 Å². The SMILES string of the molecule is CC(CN=C(N)N=C(N)N)c1nccs1. The highest BCUT2D eigenvalue weighted by Crippen LogP contribution is 2.17. The van der Waals surface area contributed by atoms with Gasteiger partial charge in [-0.25, -0.2) is 4.98 Å². The van der Waals surface area contributed by atoms with Gasteiger partial charge in [-0.05, 0) is 0 Å². The Labute approximate surface area is 91.9 Å². The van der Waals surface area contributed by atoms with Crippen LogP contribution in [0.15, 0.2) is 21.6 Å². The zero-order valence-electron chi connectivity index (χ0n) is 8.42. The Morgan fingerprint density at radius 1 is 1.53 bits per heavy atom. The number of nitrogens with zero attached hydrogens (tertiary/aromatic N) is 3. The summed E-state index contributed by atoms with van der Waals surface area (Å²) in [6, 6.07) is 0. The van der Waals surface area contributed by atoms with Crippen molar-refractivity contribution >= 4 is 23.3 Å². The first-order valence-corrected chi connectivity index (χ1v) is 5.26. The fourth-order valence-corrected chi connectivity index (χ4v) is 1.64. The second kappa shape index (κ2) is 5.30. The van der Waals surface area contributed by atoms with E-state index in [4.69, 9.17) is 17.2 Å². The second-order valence-corrected chi connectivity index (χ2v) is 3.93. The molecule has 15 heavy (non-hydrogen) atoms. The van der Waals surface area contributed by atoms with E-state index in [9.17, 15) is 0 Å². The maximum Gasteiger partial charge on any atom is 0.218 e. The van der Waals surface area contributed by atoms with Crippen molar-refractivity contribution < 1.29 is 0 Å². The molecule has 0 bridgehead atoms. The van der Waals surface area contributed by atoms with E-state index in [2.05, 4.69) is 15.0 Å². The largest absolute Gasteiger partial charge is 0.370 e. The van der Waals surface area contributed by atoms with Gasteiger partial charge in [0.25, 0.3) is 0 Å². The number of aromatic nitrogens is 1. The molecule has 0 aliphatic rings. The molecule has 1 aromatic heterocycles. The van der Waals surface area contributed by atoms with E-state index in [1.165, 1.54) is 0 Å². The van der Waals surface area contributed by atoms with Crippen molar-refractivity contribution in [2.75, 3.05) is 6.54 Å². The number of rotatable bonds is 3. The van der Waals surface area contributed by atoms with Crippen LogP contribution in [0, 0.1) is 0 Å². The van der Waals surface area contributed by atoms with E-state index >= 15 is 0 Å². The van der Waals surface area contributed by atoms with Crippen molar-refractivity contribution in [1.82, 2.24) is 4.98 Å². The summed E-state index contributed by atoms with van der Waals surface area (Å²) >= 11 is 1.59. The average Bonchev–Trinajstić information content (AvgIpc) is 2.65. The molecule has 0 aliphatic heterocycles. The quantitative estimate of drug-likeness (QED) is 0.490. The maximum atomic E-state index is 5.46. The van der Waals surface area contributed by atoms with Crippen LogP contribution >= 0.6 is 11.3 Å². The summed E-state index contributed by atoms with van der Waals surface area (Å²) in [5, 5.41) is 2.95. The summed E-state index contributed by atoms with van der Waals surface area (Å²) in [7, 11) is 0. The molecule has 1 heterocycles. The van der Waals surface area contributed by atoms with Crippen LogP contribution in [-0.2, 0) is 0 Å². The summed E-state index contributed by atoms with van der Waals surface area (Å²) in [5.41, 5.74) is 15.8. The van der Waals surface area contributed by atoms with E-state index in [1.54, 1.807) is 17.5 Å². The molecule has 1 rings (SSSR count). The van der Waals surface area contributed by atoms with Gasteiger partial charge in [0.15, 0.2) is 5.96 Å². The lowest BCUT2D eigenvalue weighted by atomic mass is 10.2. The lowest BCUT2D eigenvalue weighted by Gasteiger charge is -2.03. The third-order valence-corrected chi connectivity index (χ3v) is 2.65. The van der Waals surface area contributed by atoms with Gasteiger partial charge in [0.2, 0.25) is 5.96 Å². The lowest BCUT2D eigenvalue weighted by Crippen LogP contribution is -2.26. The molecule has 0 amide bonds. The maximum absolute atomic E-state index is 5.46. The molecule has 1 unspecified atom stereocenters. The summed E-state index contributed by atoms with van der Waals surface area (Å²) in [6.45, 7) is 2.54. The molecule has 82 valence electrons. The van der Waals surface area contributed by atoms with E-state index in [1.807, 2.05) is 12.3 Å². The molecule has 6 nitrogen and oxygen atoms in total. The Hall–Kier alpha value is -1.63. The number of guanidine groups is 2. The Morgan fingerprint density at radius 2 is 2.27 bits per heavy atom. The third kappa shape index (κ3) is 3.94. The number of thiazole rings is 1. The first kappa shape index (κ1) is 11.4. The van der Waals surface area contributed by atoms with Gasteiger partial charge in [-0.3, -0.25) is 4.99 Å². The van der Waals surface area contributed by atoms with Crippen LogP contribution in [0.4, 0.5) is 0 Å². The minimum absolute atomic E-state index is 0.0850. The van der Waals surface area contributed by atoms with Crippen molar-refractivity contribution in [3.8, 4) is 0 Å². The van der Waals surface area contributed by atoms with Crippen molar-refractivity contribution in [1.29, 1.82) is 0 Å². The molecule has 0 saturated carbocycles. The molecule has 6 N–H and O–H groups in total. The molecule has 0 aliphatic carbocycles. The fraction of sp³-hybridized carbons (Fsp3) is 0.375. The first-order valence-electron chi connectivity index (χ1n) is 4.38. The van der Waals surface area contributed by atoms with Gasteiger partial charge >= 0.3 is 0 Å². The highest BCUT2D eigenvalue weighted by atomic mass is 32.1. The predicted octanol–water partition coefficient (Wildman–Crippen LogP) is -0.165. The highest BCUT2D eigenvalue weighted by molar-refractivity contribution is 7.09. The minimum Gasteiger partial charge on any atom is -0.370 e. The van der Waals surface area contributed by atoms with Gasteiger partial charge in [-0.1, -0.05) is 6.92 Å². The number of aliphatic imine (C=N–C) groups is 2. The fourth-order valence-electron chi connectivity index (χ4n) is 0.954. The molecule has 0 spiro atoms. The van der Waals surface area contributed by atoms with E-state index < -0.39 is 0 Å². The second-order valence-electron chi connectivity index (χ2n) is 3.01. The monoisotopic (exact) mass is 226 g/mol. The van der Waals surface area contributed by atoms with Gasteiger partial charge in [-0.2, -0.15) is 4.99 Å². The topological polar surface area (TPSA) is 116 Å². The summed E-state index contributed by atoms with van der Waals surface area (Å²) in [4.78, 5) is 11.8. The van der Waals surface area contributed by atoms with Crippen LogP contribution in [0.1, 0.15) is 17.8 Å². The Kier molecular flexibility index (Phi) is 4.04. The zero-order valence-corrected chi connectivity index (χ0v) is 9.24. The van der Waals surface area contributed by atoms with Crippen LogP contribution < -0.4 is 17.2 Å². The van der Waals surface area contributed by atoms with Crippen molar-refractivity contribution in [2.45, 2.75) is 12.8 Å². The lowest BCUT2D eigenvalue weighted by molar-refractivity contribution is 0.765. The van der Waals surface area contributed by atoms with Crippen molar-refractivity contribution in [2.24, 2.45) is 27.2 Å². The van der Waals surface area contributed by atoms with Gasteiger partial charge in [0.05, 0.1) is 11.6 Å². The Bertz CT molecular complexity index is 351. The molecule has 0 aromatic carbocycles. The third-order valence-electron chi connectivity index (χ3n) is 1.64. The summed E-state index contributed by atoms with van der Waals surface area (Å²) in [5.74, 6) is 0.231. The minimum atomic E-state index is -0.0850. The van der Waals surface area contributed by atoms with Crippen LogP contribution in [0.5, 0.6) is 0 Å². The van der Waals surface area contributed by atoms with Crippen molar-refractivity contribution in [3.05, 3.63) is 16.6 Å². The molecule has 0 saturated heterocycles. The standard InChI is InChI=1S/C8H14N6S/c1-5(6-12-2-3-15-6)4-13-8(11)14-7(9)10/h2-3,5H,4H2,1H3,(H6,9,10,11,13,14). The highest BCUT2D eigenvalue weighted by Gasteiger charge is 2.06. The summed E-state index contributed by atoms with van der Waals surface area (Å²) < 4.78 is 0. The van der Waals surface area contributed by atoms with E-state index in [-0.39, 0.29) is 17.8 Å². The Morgan fingerprint density at radius 3 is 2.80 bits per heavy atom. The van der Waals surface area contributed by atoms with Crippen LogP contribution in [-0.4, -0.2) is 23.4 Å². The first-order chi connectivity index (χ1) is 7.09. The molecule has 7 heteroatoms. The normalized spacial score (nSPS) is 13.5. The van der Waals surface area contributed by atoms with Gasteiger partial charge in [-0.15, -0.1) is 11.3 Å². The molecule has 1 atom stereocenters. The van der Waals surface area contributed by atoms with Crippen LogP contribution in [0.3, 0.4) is 0 Å². The average molecular weight is 226 g/mol.